The van der Waals surface area contributed by atoms with Crippen LogP contribution in [0, 0.1) is 11.6 Å². The van der Waals surface area contributed by atoms with Crippen molar-refractivity contribution >= 4 is 40.2 Å². The van der Waals surface area contributed by atoms with E-state index in [1.807, 2.05) is 6.07 Å². The van der Waals surface area contributed by atoms with E-state index in [-0.39, 0.29) is 72.6 Å². The number of alkyl halides is 3. The Balaban J connectivity index is 0.973. The molecule has 1 aromatic heterocycles. The number of pyridine rings is 1. The second kappa shape index (κ2) is 14.0. The third kappa shape index (κ3) is 7.04. The minimum absolute atomic E-state index is 0.0125. The highest BCUT2D eigenvalue weighted by molar-refractivity contribution is 5.98. The zero-order valence-electron chi connectivity index (χ0n) is 29.3. The Labute approximate surface area is 314 Å². The first-order valence-electron chi connectivity index (χ1n) is 17.7. The zero-order chi connectivity index (χ0) is 39.5. The summed E-state index contributed by atoms with van der Waals surface area (Å²) >= 11 is 0. The van der Waals surface area contributed by atoms with E-state index < -0.39 is 72.1 Å². The Morgan fingerprint density at radius 1 is 1.02 bits per heavy atom. The molecular weight excluding hydrogens is 751 g/mol. The molecule has 0 bridgehead atoms. The molecule has 2 saturated heterocycles. The summed E-state index contributed by atoms with van der Waals surface area (Å²) in [5, 5.41) is 13.2. The molecule has 0 radical (unpaired) electrons. The number of aromatic nitrogens is 1. The lowest BCUT2D eigenvalue weighted by atomic mass is 10.0. The molecule has 4 heterocycles. The van der Waals surface area contributed by atoms with Crippen molar-refractivity contribution in [3.8, 4) is 11.5 Å². The van der Waals surface area contributed by atoms with Crippen molar-refractivity contribution in [3.63, 3.8) is 0 Å². The second-order valence-corrected chi connectivity index (χ2v) is 14.3. The Bertz CT molecular complexity index is 2300. The number of carbonyl (C=O) groups excluding carboxylic acids is 3. The highest BCUT2D eigenvalue weighted by atomic mass is 19.4. The molecule has 3 atom stereocenters. The summed E-state index contributed by atoms with van der Waals surface area (Å²) in [7, 11) is 0. The summed E-state index contributed by atoms with van der Waals surface area (Å²) in [6, 6.07) is 12.9. The molecule has 0 unspecified atom stereocenters. The molecule has 1 aliphatic carbocycles. The Morgan fingerprint density at radius 2 is 1.79 bits per heavy atom. The number of cyclic esters (lactones) is 1. The van der Waals surface area contributed by atoms with Crippen LogP contribution in [0.15, 0.2) is 65.6 Å². The van der Waals surface area contributed by atoms with Gasteiger partial charge >= 0.3 is 24.1 Å². The number of carbonyl (C=O) groups is 3. The lowest BCUT2D eigenvalue weighted by Gasteiger charge is -2.34. The number of amides is 2. The van der Waals surface area contributed by atoms with E-state index in [2.05, 4.69) is 0 Å². The summed E-state index contributed by atoms with van der Waals surface area (Å²) < 4.78 is 92.9. The fourth-order valence-corrected chi connectivity index (χ4v) is 7.32. The van der Waals surface area contributed by atoms with Crippen LogP contribution < -0.4 is 30.0 Å². The molecule has 2 amide bonds. The molecule has 4 aliphatic rings. The number of esters is 1. The summed E-state index contributed by atoms with van der Waals surface area (Å²) in [5.41, 5.74) is -1.47. The topological polar surface area (TPSA) is 149 Å². The molecule has 294 valence electrons. The number of fused-ring (bicyclic) bond motifs is 5. The number of hydrogen-bond acceptors (Lipinski definition) is 10. The number of halogens is 5. The maximum absolute atomic E-state index is 16.1. The normalized spacial score (nSPS) is 21.6. The van der Waals surface area contributed by atoms with Gasteiger partial charge in [-0.25, -0.2) is 18.4 Å². The van der Waals surface area contributed by atoms with Crippen molar-refractivity contribution < 1.29 is 60.4 Å². The standard InChI is InChI=1S/C38H33F5N4O9/c39-27-10-22(46-14-24(56-36(46)51)13-44-35(50)38(41,42)43)8-9-29(27)55-19-37(52)12-23-17-53-33-30-25(11-28(40)31(33)47(23)18-37)32(48)26(15-45(30)21-6-7-21)34(49)54-16-20-4-2-1-3-5-20/h1-5,8-11,15,21,23-24,52H,6-7,12-14,16-19H2,(H,44,50)/t23-,24-,37+/m0/s1. The number of nitrogens with zero attached hydrogens (tertiary/aromatic N) is 3. The van der Waals surface area contributed by atoms with Crippen LogP contribution in [0.5, 0.6) is 11.5 Å². The molecule has 18 heteroatoms. The third-order valence-electron chi connectivity index (χ3n) is 10.1. The van der Waals surface area contributed by atoms with Crippen molar-refractivity contribution in [1.82, 2.24) is 9.88 Å². The predicted molar refractivity (Wildman–Crippen MR) is 187 cm³/mol. The first-order valence-corrected chi connectivity index (χ1v) is 17.7. The molecule has 3 aromatic carbocycles. The molecule has 2 N–H and O–H groups in total. The van der Waals surface area contributed by atoms with Crippen LogP contribution in [0.1, 0.15) is 41.2 Å². The van der Waals surface area contributed by atoms with Crippen LogP contribution in [0.3, 0.4) is 0 Å². The van der Waals surface area contributed by atoms with E-state index in [1.165, 1.54) is 18.3 Å². The van der Waals surface area contributed by atoms with Crippen LogP contribution in [-0.4, -0.2) is 84.4 Å². The highest BCUT2D eigenvalue weighted by Gasteiger charge is 2.48. The summed E-state index contributed by atoms with van der Waals surface area (Å²) in [6.07, 6.45) is -4.18. The monoisotopic (exact) mass is 784 g/mol. The largest absolute Gasteiger partial charge is 0.487 e. The number of benzene rings is 3. The Morgan fingerprint density at radius 3 is 2.50 bits per heavy atom. The summed E-state index contributed by atoms with van der Waals surface area (Å²) in [4.78, 5) is 52.9. The molecule has 4 aromatic rings. The van der Waals surface area contributed by atoms with Crippen molar-refractivity contribution in [2.75, 3.05) is 42.6 Å². The van der Waals surface area contributed by atoms with Crippen molar-refractivity contribution in [3.05, 3.63) is 93.8 Å². The first kappa shape index (κ1) is 37.0. The average molecular weight is 785 g/mol. The van der Waals surface area contributed by atoms with Gasteiger partial charge in [-0.2, -0.15) is 13.2 Å². The Kier molecular flexibility index (Phi) is 9.25. The van der Waals surface area contributed by atoms with E-state index in [1.54, 1.807) is 39.0 Å². The minimum atomic E-state index is -5.11. The van der Waals surface area contributed by atoms with Gasteiger partial charge in [0.05, 0.1) is 42.3 Å². The Hall–Kier alpha value is -5.91. The quantitative estimate of drug-likeness (QED) is 0.171. The number of hydrogen-bond donors (Lipinski definition) is 2. The van der Waals surface area contributed by atoms with Gasteiger partial charge in [-0.05, 0) is 36.6 Å². The molecule has 8 rings (SSSR count). The van der Waals surface area contributed by atoms with E-state index in [0.717, 1.165) is 35.4 Å². The van der Waals surface area contributed by atoms with Gasteiger partial charge in [-0.3, -0.25) is 14.5 Å². The SMILES string of the molecule is O=C(OCc1ccccc1)c1cn(C2CC2)c2c3c(c(F)cc2c1=O)N1C[C@@](O)(COc2ccc(N4C[C@H](CNC(=O)C(F)(F)F)OC4=O)cc2F)C[C@H]1CO3. The van der Waals surface area contributed by atoms with Gasteiger partial charge in [0.1, 0.15) is 42.8 Å². The summed E-state index contributed by atoms with van der Waals surface area (Å²) in [5.74, 6) is -4.94. The van der Waals surface area contributed by atoms with Crippen molar-refractivity contribution in [2.24, 2.45) is 0 Å². The van der Waals surface area contributed by atoms with Gasteiger partial charge in [0, 0.05) is 24.7 Å². The van der Waals surface area contributed by atoms with Crippen LogP contribution in [0.25, 0.3) is 10.9 Å². The van der Waals surface area contributed by atoms with E-state index in [9.17, 15) is 37.5 Å². The highest BCUT2D eigenvalue weighted by Crippen LogP contribution is 2.48. The third-order valence-corrected chi connectivity index (χ3v) is 10.1. The van der Waals surface area contributed by atoms with Crippen LogP contribution in [0.2, 0.25) is 0 Å². The predicted octanol–water partition coefficient (Wildman–Crippen LogP) is 4.76. The molecule has 56 heavy (non-hydrogen) atoms. The van der Waals surface area contributed by atoms with Crippen LogP contribution >= 0.6 is 0 Å². The van der Waals surface area contributed by atoms with Crippen LogP contribution in [-0.2, 0) is 20.9 Å². The number of nitrogens with one attached hydrogen (secondary N) is 1. The van der Waals surface area contributed by atoms with Crippen molar-refractivity contribution in [2.45, 2.75) is 55.8 Å². The van der Waals surface area contributed by atoms with Gasteiger partial charge in [0.25, 0.3) is 0 Å². The maximum atomic E-state index is 16.1. The van der Waals surface area contributed by atoms with Gasteiger partial charge in [0.15, 0.2) is 23.1 Å². The lowest BCUT2D eigenvalue weighted by molar-refractivity contribution is -0.173. The molecule has 3 fully saturated rings. The number of rotatable bonds is 10. The van der Waals surface area contributed by atoms with E-state index in [4.69, 9.17) is 18.9 Å². The zero-order valence-corrected chi connectivity index (χ0v) is 29.3. The fraction of sp³-hybridized carbons (Fsp3) is 0.368. The van der Waals surface area contributed by atoms with Gasteiger partial charge in [-0.15, -0.1) is 0 Å². The minimum Gasteiger partial charge on any atom is -0.487 e. The average Bonchev–Trinajstić information content (AvgIpc) is 3.85. The lowest BCUT2D eigenvalue weighted by Crippen LogP contribution is -2.41. The van der Waals surface area contributed by atoms with E-state index >= 15 is 8.78 Å². The van der Waals surface area contributed by atoms with Gasteiger partial charge < -0.3 is 38.8 Å². The van der Waals surface area contributed by atoms with Crippen LogP contribution in [0.4, 0.5) is 38.1 Å². The smallest absolute Gasteiger partial charge is 0.471 e. The van der Waals surface area contributed by atoms with E-state index in [0.29, 0.717) is 5.52 Å². The number of anilines is 2. The summed E-state index contributed by atoms with van der Waals surface area (Å²) in [6.45, 7) is -1.47. The van der Waals surface area contributed by atoms with Gasteiger partial charge in [-0.1, -0.05) is 30.3 Å². The molecule has 13 nitrogen and oxygen atoms in total. The second-order valence-electron chi connectivity index (χ2n) is 14.3. The number of aliphatic hydroxyl groups is 1. The molecule has 3 aliphatic heterocycles. The fourth-order valence-electron chi connectivity index (χ4n) is 7.32. The maximum Gasteiger partial charge on any atom is 0.471 e. The molecule has 1 saturated carbocycles. The molecular formula is C38H33F5N4O9. The van der Waals surface area contributed by atoms with Gasteiger partial charge in [0.2, 0.25) is 5.43 Å². The number of ether oxygens (including phenoxy) is 4. The van der Waals surface area contributed by atoms with Crippen molar-refractivity contribution in [1.29, 1.82) is 0 Å². The first-order chi connectivity index (χ1) is 26.7. The molecule has 0 spiro atoms.